The van der Waals surface area contributed by atoms with Crippen LogP contribution in [0.3, 0.4) is 0 Å². The molecule has 0 bridgehead atoms. The zero-order chi connectivity index (χ0) is 21.8. The normalized spacial score (nSPS) is 10.7. The fraction of sp³-hybridized carbons (Fsp3) is 0.250. The number of carbonyl (C=O) groups excluding carboxylic acids is 3. The second kappa shape index (κ2) is 9.23. The number of anilines is 1. The molecule has 0 radical (unpaired) electrons. The third-order valence-corrected chi connectivity index (χ3v) is 6.50. The van der Waals surface area contributed by atoms with Crippen LogP contribution in [0.4, 0.5) is 5.69 Å². The number of rotatable bonds is 6. The number of aromatic nitrogens is 2. The Morgan fingerprint density at radius 2 is 1.83 bits per heavy atom. The van der Waals surface area contributed by atoms with Crippen LogP contribution in [0, 0.1) is 13.8 Å². The molecule has 0 aliphatic heterocycles. The summed E-state index contributed by atoms with van der Waals surface area (Å²) in [7, 11) is 2.49. The SMILES string of the molecule is COC(=O)c1ccc(C(=O)OC)c(NC(=O)CSc2ncnc3sc(C)c(C)c23)c1. The highest BCUT2D eigenvalue weighted by Crippen LogP contribution is 2.34. The van der Waals surface area contributed by atoms with Crippen molar-refractivity contribution in [1.82, 2.24) is 9.97 Å². The van der Waals surface area contributed by atoms with Crippen molar-refractivity contribution in [2.24, 2.45) is 0 Å². The number of fused-ring (bicyclic) bond motifs is 1. The predicted molar refractivity (Wildman–Crippen MR) is 115 cm³/mol. The largest absolute Gasteiger partial charge is 0.465 e. The van der Waals surface area contributed by atoms with Crippen molar-refractivity contribution in [2.75, 3.05) is 25.3 Å². The Morgan fingerprint density at radius 1 is 1.10 bits per heavy atom. The highest BCUT2D eigenvalue weighted by atomic mass is 32.2. The Balaban J connectivity index is 1.81. The molecule has 1 aromatic carbocycles. The zero-order valence-electron chi connectivity index (χ0n) is 16.8. The molecule has 0 aliphatic carbocycles. The molecule has 10 heteroatoms. The van der Waals surface area contributed by atoms with Crippen LogP contribution in [-0.4, -0.2) is 47.8 Å². The lowest BCUT2D eigenvalue weighted by molar-refractivity contribution is -0.113. The summed E-state index contributed by atoms with van der Waals surface area (Å²) in [4.78, 5) is 47.0. The average molecular weight is 446 g/mol. The first kappa shape index (κ1) is 21.7. The topological polar surface area (TPSA) is 107 Å². The van der Waals surface area contributed by atoms with E-state index in [-0.39, 0.29) is 28.5 Å². The number of esters is 2. The maximum atomic E-state index is 12.6. The van der Waals surface area contributed by atoms with E-state index in [2.05, 4.69) is 15.3 Å². The number of ether oxygens (including phenoxy) is 2. The number of amides is 1. The van der Waals surface area contributed by atoms with Gasteiger partial charge in [0.2, 0.25) is 5.91 Å². The third-order valence-electron chi connectivity index (χ3n) is 4.39. The molecule has 3 aromatic rings. The number of carbonyl (C=O) groups is 3. The van der Waals surface area contributed by atoms with Gasteiger partial charge in [-0.1, -0.05) is 11.8 Å². The Labute approximate surface area is 181 Å². The molecule has 2 aromatic heterocycles. The lowest BCUT2D eigenvalue weighted by Gasteiger charge is -2.11. The standard InChI is InChI=1S/C20H19N3O5S2/c1-10-11(2)30-18-16(10)17(21-9-22-18)29-8-15(24)23-14-7-12(19(25)27-3)5-6-13(14)20(26)28-4/h5-7,9H,8H2,1-4H3,(H,23,24). The number of thiophene rings is 1. The fourth-order valence-corrected chi connectivity index (χ4v) is 4.68. The molecule has 0 saturated heterocycles. The summed E-state index contributed by atoms with van der Waals surface area (Å²) in [5.74, 6) is -1.51. The zero-order valence-corrected chi connectivity index (χ0v) is 18.4. The molecule has 1 N–H and O–H groups in total. The molecule has 0 spiro atoms. The quantitative estimate of drug-likeness (QED) is 0.348. The first-order chi connectivity index (χ1) is 14.3. The van der Waals surface area contributed by atoms with Gasteiger partial charge in [-0.05, 0) is 37.6 Å². The van der Waals surface area contributed by atoms with Gasteiger partial charge in [0.25, 0.3) is 0 Å². The molecule has 8 nitrogen and oxygen atoms in total. The predicted octanol–water partition coefficient (Wildman–Crippen LogP) is 3.61. The number of thioether (sulfide) groups is 1. The number of benzene rings is 1. The Hall–Kier alpha value is -2.98. The number of aryl methyl sites for hydroxylation is 2. The molecule has 2 heterocycles. The Bertz CT molecular complexity index is 1140. The lowest BCUT2D eigenvalue weighted by atomic mass is 10.1. The van der Waals surface area contributed by atoms with Crippen molar-refractivity contribution in [3.8, 4) is 0 Å². The Kier molecular flexibility index (Phi) is 6.68. The van der Waals surface area contributed by atoms with Gasteiger partial charge >= 0.3 is 11.9 Å². The highest BCUT2D eigenvalue weighted by Gasteiger charge is 2.18. The van der Waals surface area contributed by atoms with Crippen LogP contribution in [-0.2, 0) is 14.3 Å². The van der Waals surface area contributed by atoms with Gasteiger partial charge in [-0.2, -0.15) is 0 Å². The van der Waals surface area contributed by atoms with E-state index in [1.807, 2.05) is 13.8 Å². The van der Waals surface area contributed by atoms with Crippen molar-refractivity contribution in [1.29, 1.82) is 0 Å². The van der Waals surface area contributed by atoms with Crippen LogP contribution in [0.1, 0.15) is 31.2 Å². The summed E-state index contributed by atoms with van der Waals surface area (Å²) in [5, 5.41) is 4.34. The van der Waals surface area contributed by atoms with Gasteiger partial charge in [0.15, 0.2) is 0 Å². The molecule has 156 valence electrons. The lowest BCUT2D eigenvalue weighted by Crippen LogP contribution is -2.18. The molecule has 0 unspecified atom stereocenters. The van der Waals surface area contributed by atoms with Crippen molar-refractivity contribution in [3.63, 3.8) is 0 Å². The van der Waals surface area contributed by atoms with Gasteiger partial charge in [0.1, 0.15) is 16.2 Å². The minimum atomic E-state index is -0.628. The van der Waals surface area contributed by atoms with Crippen LogP contribution in [0.5, 0.6) is 0 Å². The fourth-order valence-electron chi connectivity index (χ4n) is 2.76. The van der Waals surface area contributed by atoms with Gasteiger partial charge in [-0.15, -0.1) is 11.3 Å². The van der Waals surface area contributed by atoms with Crippen molar-refractivity contribution in [2.45, 2.75) is 18.9 Å². The molecule has 0 fully saturated rings. The van der Waals surface area contributed by atoms with E-state index >= 15 is 0 Å². The monoisotopic (exact) mass is 445 g/mol. The second-order valence-corrected chi connectivity index (χ2v) is 8.39. The molecular formula is C20H19N3O5S2. The minimum absolute atomic E-state index is 0.0590. The first-order valence-electron chi connectivity index (χ1n) is 8.79. The summed E-state index contributed by atoms with van der Waals surface area (Å²) < 4.78 is 9.45. The molecule has 1 amide bonds. The maximum Gasteiger partial charge on any atom is 0.339 e. The number of methoxy groups -OCH3 is 2. The summed E-state index contributed by atoms with van der Waals surface area (Å²) in [6, 6.07) is 4.23. The van der Waals surface area contributed by atoms with Crippen LogP contribution >= 0.6 is 23.1 Å². The summed E-state index contributed by atoms with van der Waals surface area (Å²) in [6.07, 6.45) is 1.48. The molecule has 0 aliphatic rings. The molecule has 0 atom stereocenters. The summed E-state index contributed by atoms with van der Waals surface area (Å²) in [6.45, 7) is 4.02. The molecular weight excluding hydrogens is 426 g/mol. The number of nitrogens with one attached hydrogen (secondary N) is 1. The van der Waals surface area contributed by atoms with Crippen LogP contribution < -0.4 is 5.32 Å². The number of hydrogen-bond acceptors (Lipinski definition) is 9. The van der Waals surface area contributed by atoms with Gasteiger partial charge in [-0.3, -0.25) is 4.79 Å². The maximum absolute atomic E-state index is 12.6. The van der Waals surface area contributed by atoms with E-state index in [1.165, 1.54) is 50.5 Å². The van der Waals surface area contributed by atoms with Crippen molar-refractivity contribution >= 4 is 56.8 Å². The first-order valence-corrected chi connectivity index (χ1v) is 10.6. The minimum Gasteiger partial charge on any atom is -0.465 e. The van der Waals surface area contributed by atoms with E-state index in [0.29, 0.717) is 5.03 Å². The van der Waals surface area contributed by atoms with Crippen LogP contribution in [0.2, 0.25) is 0 Å². The van der Waals surface area contributed by atoms with E-state index in [1.54, 1.807) is 11.3 Å². The van der Waals surface area contributed by atoms with Crippen LogP contribution in [0.25, 0.3) is 10.2 Å². The summed E-state index contributed by atoms with van der Waals surface area (Å²) >= 11 is 2.86. The van der Waals surface area contributed by atoms with Gasteiger partial charge in [-0.25, -0.2) is 19.6 Å². The Morgan fingerprint density at radius 3 is 2.53 bits per heavy atom. The third kappa shape index (κ3) is 4.44. The van der Waals surface area contributed by atoms with Gasteiger partial charge in [0, 0.05) is 10.3 Å². The second-order valence-electron chi connectivity index (χ2n) is 6.22. The van der Waals surface area contributed by atoms with Gasteiger partial charge < -0.3 is 14.8 Å². The van der Waals surface area contributed by atoms with E-state index in [9.17, 15) is 14.4 Å². The molecule has 30 heavy (non-hydrogen) atoms. The van der Waals surface area contributed by atoms with Gasteiger partial charge in [0.05, 0.1) is 36.8 Å². The number of nitrogens with zero attached hydrogens (tertiary/aromatic N) is 2. The average Bonchev–Trinajstić information content (AvgIpc) is 3.05. The molecule has 3 rings (SSSR count). The van der Waals surface area contributed by atoms with E-state index < -0.39 is 11.9 Å². The number of hydrogen-bond donors (Lipinski definition) is 1. The van der Waals surface area contributed by atoms with E-state index in [4.69, 9.17) is 9.47 Å². The smallest absolute Gasteiger partial charge is 0.339 e. The summed E-state index contributed by atoms with van der Waals surface area (Å²) in [5.41, 5.74) is 1.61. The van der Waals surface area contributed by atoms with E-state index in [0.717, 1.165) is 20.7 Å². The highest BCUT2D eigenvalue weighted by molar-refractivity contribution is 8.00. The van der Waals surface area contributed by atoms with Crippen molar-refractivity contribution < 1.29 is 23.9 Å². The van der Waals surface area contributed by atoms with Crippen molar-refractivity contribution in [3.05, 3.63) is 46.1 Å². The molecule has 0 saturated carbocycles. The van der Waals surface area contributed by atoms with Crippen LogP contribution in [0.15, 0.2) is 29.6 Å².